The number of carbonyl (C=O) groups excluding carboxylic acids is 2. The maximum Gasteiger partial charge on any atom is 0.248 e. The first-order chi connectivity index (χ1) is 9.70. The molecule has 2 aliphatic rings. The van der Waals surface area contributed by atoms with Crippen molar-refractivity contribution in [2.24, 2.45) is 0 Å². The Hall–Kier alpha value is -1.92. The highest BCUT2D eigenvalue weighted by molar-refractivity contribution is 5.93. The van der Waals surface area contributed by atoms with E-state index >= 15 is 0 Å². The van der Waals surface area contributed by atoms with Gasteiger partial charge in [0.05, 0.1) is 0 Å². The lowest BCUT2D eigenvalue weighted by Gasteiger charge is -2.31. The molecule has 7 heteroatoms. The lowest BCUT2D eigenvalue weighted by molar-refractivity contribution is -0.138. The Kier molecular flexibility index (Phi) is 3.42. The minimum atomic E-state index is -0.662. The Morgan fingerprint density at radius 3 is 2.85 bits per heavy atom. The van der Waals surface area contributed by atoms with Crippen LogP contribution in [-0.2, 0) is 16.0 Å². The van der Waals surface area contributed by atoms with E-state index in [1.807, 2.05) is 0 Å². The topological polar surface area (TPSA) is 88.3 Å². The molecule has 20 heavy (non-hydrogen) atoms. The highest BCUT2D eigenvalue weighted by Gasteiger charge is 2.46. The highest BCUT2D eigenvalue weighted by atomic mass is 16.5. The van der Waals surface area contributed by atoms with Crippen LogP contribution in [-0.4, -0.2) is 45.5 Å². The molecule has 1 spiro atoms. The van der Waals surface area contributed by atoms with Gasteiger partial charge in [0.25, 0.3) is 0 Å². The van der Waals surface area contributed by atoms with Gasteiger partial charge in [-0.3, -0.25) is 9.59 Å². The second-order valence-corrected chi connectivity index (χ2v) is 5.48. The van der Waals surface area contributed by atoms with Gasteiger partial charge in [0.1, 0.15) is 5.54 Å². The minimum Gasteiger partial charge on any atom is -0.343 e. The van der Waals surface area contributed by atoms with E-state index < -0.39 is 5.54 Å². The quantitative estimate of drug-likeness (QED) is 0.857. The molecular formula is C13H18N4O3. The van der Waals surface area contributed by atoms with Crippen molar-refractivity contribution in [2.45, 2.75) is 44.1 Å². The smallest absolute Gasteiger partial charge is 0.248 e. The summed E-state index contributed by atoms with van der Waals surface area (Å²) in [6.07, 6.45) is 5.66. The van der Waals surface area contributed by atoms with Crippen LogP contribution in [0.5, 0.6) is 0 Å². The molecule has 1 saturated heterocycles. The van der Waals surface area contributed by atoms with Gasteiger partial charge in [-0.25, -0.2) is 0 Å². The number of carbonyl (C=O) groups is 2. The third kappa shape index (κ3) is 2.39. The number of amides is 2. The predicted octanol–water partition coefficient (Wildman–Crippen LogP) is 0.273. The van der Waals surface area contributed by atoms with Crippen molar-refractivity contribution < 1.29 is 14.1 Å². The zero-order valence-electron chi connectivity index (χ0n) is 11.3. The maximum absolute atomic E-state index is 12.7. The van der Waals surface area contributed by atoms with Crippen LogP contribution in [0.3, 0.4) is 0 Å². The summed E-state index contributed by atoms with van der Waals surface area (Å²) in [6, 6.07) is 0. The van der Waals surface area contributed by atoms with Gasteiger partial charge in [0.2, 0.25) is 18.2 Å². The normalized spacial score (nSPS) is 22.1. The maximum atomic E-state index is 12.7. The molecule has 2 heterocycles. The Balaban J connectivity index is 1.72. The summed E-state index contributed by atoms with van der Waals surface area (Å²) in [5, 5.41) is 6.69. The molecule has 1 aromatic heterocycles. The Labute approximate surface area is 116 Å². The average Bonchev–Trinajstić information content (AvgIpc) is 3.07. The Bertz CT molecular complexity index is 494. The average molecular weight is 278 g/mol. The Morgan fingerprint density at radius 2 is 2.15 bits per heavy atom. The first-order valence-electron chi connectivity index (χ1n) is 7.05. The summed E-state index contributed by atoms with van der Waals surface area (Å²) in [4.78, 5) is 30.3. The minimum absolute atomic E-state index is 0.0256. The highest BCUT2D eigenvalue weighted by Crippen LogP contribution is 2.32. The molecule has 2 amide bonds. The fraction of sp³-hybridized carbons (Fsp3) is 0.692. The second-order valence-electron chi connectivity index (χ2n) is 5.48. The van der Waals surface area contributed by atoms with Crippen molar-refractivity contribution in [3.63, 3.8) is 0 Å². The van der Waals surface area contributed by atoms with Gasteiger partial charge in [-0.1, -0.05) is 18.0 Å². The summed E-state index contributed by atoms with van der Waals surface area (Å²) in [6.45, 7) is 0.985. The first-order valence-corrected chi connectivity index (χ1v) is 7.05. The molecule has 7 nitrogen and oxygen atoms in total. The zero-order valence-corrected chi connectivity index (χ0v) is 11.3. The van der Waals surface area contributed by atoms with Crippen LogP contribution < -0.4 is 5.32 Å². The van der Waals surface area contributed by atoms with Crippen LogP contribution in [0.2, 0.25) is 0 Å². The van der Waals surface area contributed by atoms with Gasteiger partial charge in [-0.05, 0) is 12.8 Å². The summed E-state index contributed by atoms with van der Waals surface area (Å²) in [5.41, 5.74) is -0.662. The second kappa shape index (κ2) is 5.22. The van der Waals surface area contributed by atoms with Gasteiger partial charge in [-0.15, -0.1) is 0 Å². The van der Waals surface area contributed by atoms with Crippen LogP contribution in [0.1, 0.15) is 37.9 Å². The van der Waals surface area contributed by atoms with E-state index in [0.717, 1.165) is 25.7 Å². The molecule has 0 unspecified atom stereocenters. The standard InChI is InChI=1S/C13H18N4O3/c18-11-4-8-17(7-3-10-14-9-20-16-10)12(19)13(15-11)5-1-2-6-13/h9H,1-8H2,(H,15,18). The lowest BCUT2D eigenvalue weighted by Crippen LogP contribution is -2.55. The van der Waals surface area contributed by atoms with Gasteiger partial charge < -0.3 is 14.7 Å². The third-order valence-electron chi connectivity index (χ3n) is 4.15. The van der Waals surface area contributed by atoms with Crippen molar-refractivity contribution >= 4 is 11.8 Å². The van der Waals surface area contributed by atoms with Crippen molar-refractivity contribution in [1.82, 2.24) is 20.4 Å². The zero-order chi connectivity index (χ0) is 14.0. The molecule has 1 saturated carbocycles. The van der Waals surface area contributed by atoms with Crippen LogP contribution in [0, 0.1) is 0 Å². The molecule has 108 valence electrons. The Morgan fingerprint density at radius 1 is 1.35 bits per heavy atom. The monoisotopic (exact) mass is 278 g/mol. The van der Waals surface area contributed by atoms with E-state index in [4.69, 9.17) is 0 Å². The molecular weight excluding hydrogens is 260 g/mol. The van der Waals surface area contributed by atoms with E-state index in [2.05, 4.69) is 20.0 Å². The van der Waals surface area contributed by atoms with E-state index in [0.29, 0.717) is 31.8 Å². The van der Waals surface area contributed by atoms with Gasteiger partial charge >= 0.3 is 0 Å². The molecule has 0 radical (unpaired) electrons. The van der Waals surface area contributed by atoms with Crippen LogP contribution in [0.15, 0.2) is 10.9 Å². The number of nitrogens with one attached hydrogen (secondary N) is 1. The van der Waals surface area contributed by atoms with Crippen molar-refractivity contribution in [1.29, 1.82) is 0 Å². The molecule has 1 aromatic rings. The molecule has 1 aliphatic heterocycles. The third-order valence-corrected chi connectivity index (χ3v) is 4.15. The number of aromatic nitrogens is 2. The molecule has 1 aliphatic carbocycles. The largest absolute Gasteiger partial charge is 0.343 e. The fourth-order valence-electron chi connectivity index (χ4n) is 3.09. The fourth-order valence-corrected chi connectivity index (χ4v) is 3.09. The van der Waals surface area contributed by atoms with Crippen LogP contribution in [0.4, 0.5) is 0 Å². The first kappa shape index (κ1) is 13.1. The summed E-state index contributed by atoms with van der Waals surface area (Å²) < 4.78 is 4.69. The molecule has 0 aromatic carbocycles. The van der Waals surface area contributed by atoms with Crippen molar-refractivity contribution in [3.05, 3.63) is 12.2 Å². The van der Waals surface area contributed by atoms with E-state index in [1.165, 1.54) is 6.39 Å². The van der Waals surface area contributed by atoms with Gasteiger partial charge in [0, 0.05) is 25.9 Å². The van der Waals surface area contributed by atoms with Gasteiger partial charge in [-0.2, -0.15) is 4.98 Å². The molecule has 0 bridgehead atoms. The van der Waals surface area contributed by atoms with Crippen LogP contribution >= 0.6 is 0 Å². The van der Waals surface area contributed by atoms with E-state index in [-0.39, 0.29) is 11.8 Å². The molecule has 1 N–H and O–H groups in total. The number of nitrogens with zero attached hydrogens (tertiary/aromatic N) is 3. The number of rotatable bonds is 3. The molecule has 3 rings (SSSR count). The lowest BCUT2D eigenvalue weighted by atomic mass is 9.96. The van der Waals surface area contributed by atoms with Crippen molar-refractivity contribution in [3.8, 4) is 0 Å². The summed E-state index contributed by atoms with van der Waals surface area (Å²) >= 11 is 0. The predicted molar refractivity (Wildman–Crippen MR) is 68.5 cm³/mol. The summed E-state index contributed by atoms with van der Waals surface area (Å²) in [7, 11) is 0. The van der Waals surface area contributed by atoms with E-state index in [1.54, 1.807) is 4.90 Å². The SMILES string of the molecule is O=C1CCN(CCc2ncon2)C(=O)C2(CCCC2)N1. The molecule has 2 fully saturated rings. The summed E-state index contributed by atoms with van der Waals surface area (Å²) in [5.74, 6) is 0.605. The number of hydrogen-bond acceptors (Lipinski definition) is 5. The van der Waals surface area contributed by atoms with Crippen LogP contribution in [0.25, 0.3) is 0 Å². The van der Waals surface area contributed by atoms with Gasteiger partial charge in [0.15, 0.2) is 5.82 Å². The number of hydrogen-bond donors (Lipinski definition) is 1. The molecule has 0 atom stereocenters. The van der Waals surface area contributed by atoms with Crippen molar-refractivity contribution in [2.75, 3.05) is 13.1 Å². The van der Waals surface area contributed by atoms with E-state index in [9.17, 15) is 9.59 Å².